The standard InChI is InChI=1S/C12H17N3O2S3.ClH/c1-9-15-10(8-18-9)11-4-5-12(19-11)20(16,17)14-7-3-2-6-13;/h4-5,8,14H,2-3,6-7,13H2,1H3;1H. The zero-order chi connectivity index (χ0) is 14.6. The Morgan fingerprint density at radius 2 is 2.10 bits per heavy atom. The number of nitrogens with one attached hydrogen (secondary N) is 1. The van der Waals surface area contributed by atoms with Crippen molar-refractivity contribution in [2.45, 2.75) is 24.0 Å². The highest BCUT2D eigenvalue weighted by Gasteiger charge is 2.17. The molecule has 2 aromatic heterocycles. The van der Waals surface area contributed by atoms with Gasteiger partial charge in [-0.1, -0.05) is 0 Å². The van der Waals surface area contributed by atoms with Crippen molar-refractivity contribution in [1.29, 1.82) is 0 Å². The van der Waals surface area contributed by atoms with E-state index >= 15 is 0 Å². The molecule has 9 heteroatoms. The molecule has 0 fully saturated rings. The molecule has 0 saturated heterocycles. The van der Waals surface area contributed by atoms with Gasteiger partial charge in [0, 0.05) is 11.9 Å². The first-order chi connectivity index (χ1) is 9.53. The molecule has 0 unspecified atom stereocenters. The SMILES string of the molecule is Cc1nc(-c2ccc(S(=O)(=O)NCCCCN)s2)cs1.Cl. The van der Waals surface area contributed by atoms with E-state index in [1.165, 1.54) is 11.3 Å². The van der Waals surface area contributed by atoms with E-state index in [4.69, 9.17) is 5.73 Å². The summed E-state index contributed by atoms with van der Waals surface area (Å²) < 4.78 is 27.1. The molecular weight excluding hydrogens is 350 g/mol. The van der Waals surface area contributed by atoms with Crippen LogP contribution in [0.3, 0.4) is 0 Å². The number of hydrogen-bond donors (Lipinski definition) is 2. The molecule has 0 aliphatic carbocycles. The van der Waals surface area contributed by atoms with Crippen LogP contribution in [-0.4, -0.2) is 26.5 Å². The second kappa shape index (κ2) is 8.21. The number of rotatable bonds is 7. The third-order valence-electron chi connectivity index (χ3n) is 2.64. The van der Waals surface area contributed by atoms with Gasteiger partial charge in [-0.05, 0) is 38.4 Å². The molecule has 0 aliphatic heterocycles. The van der Waals surface area contributed by atoms with Crippen LogP contribution >= 0.6 is 35.1 Å². The highest BCUT2D eigenvalue weighted by molar-refractivity contribution is 7.91. The maximum atomic E-state index is 12.1. The van der Waals surface area contributed by atoms with Gasteiger partial charge in [0.1, 0.15) is 4.21 Å². The Morgan fingerprint density at radius 1 is 1.33 bits per heavy atom. The Hall–Kier alpha value is -0.510. The molecule has 0 atom stereocenters. The van der Waals surface area contributed by atoms with Crippen molar-refractivity contribution in [3.8, 4) is 10.6 Å². The molecule has 2 heterocycles. The molecule has 0 radical (unpaired) electrons. The summed E-state index contributed by atoms with van der Waals surface area (Å²) in [6.45, 7) is 2.93. The minimum absolute atomic E-state index is 0. The van der Waals surface area contributed by atoms with E-state index in [1.807, 2.05) is 12.3 Å². The summed E-state index contributed by atoms with van der Waals surface area (Å²) in [4.78, 5) is 5.23. The molecule has 118 valence electrons. The van der Waals surface area contributed by atoms with Crippen molar-refractivity contribution in [1.82, 2.24) is 9.71 Å². The normalized spacial score (nSPS) is 11.3. The van der Waals surface area contributed by atoms with Gasteiger partial charge in [-0.3, -0.25) is 0 Å². The Kier molecular flexibility index (Phi) is 7.25. The summed E-state index contributed by atoms with van der Waals surface area (Å²) in [5.74, 6) is 0. The Bertz CT molecular complexity index is 667. The van der Waals surface area contributed by atoms with Gasteiger partial charge in [-0.25, -0.2) is 18.1 Å². The minimum Gasteiger partial charge on any atom is -0.330 e. The number of hydrogen-bond acceptors (Lipinski definition) is 6. The van der Waals surface area contributed by atoms with Gasteiger partial charge in [-0.2, -0.15) is 0 Å². The molecule has 21 heavy (non-hydrogen) atoms. The first-order valence-corrected chi connectivity index (χ1v) is 9.43. The predicted octanol–water partition coefficient (Wildman–Crippen LogP) is 2.62. The average molecular weight is 368 g/mol. The topological polar surface area (TPSA) is 85.1 Å². The van der Waals surface area contributed by atoms with Crippen LogP contribution in [0.2, 0.25) is 0 Å². The van der Waals surface area contributed by atoms with Crippen molar-refractivity contribution in [2.24, 2.45) is 5.73 Å². The van der Waals surface area contributed by atoms with Gasteiger partial charge >= 0.3 is 0 Å². The van der Waals surface area contributed by atoms with Crippen LogP contribution in [0.1, 0.15) is 17.8 Å². The lowest BCUT2D eigenvalue weighted by Crippen LogP contribution is -2.24. The van der Waals surface area contributed by atoms with Gasteiger partial charge in [0.15, 0.2) is 0 Å². The number of halogens is 1. The maximum Gasteiger partial charge on any atom is 0.250 e. The van der Waals surface area contributed by atoms with Crippen LogP contribution < -0.4 is 10.5 Å². The molecule has 0 spiro atoms. The number of unbranched alkanes of at least 4 members (excludes halogenated alkanes) is 1. The highest BCUT2D eigenvalue weighted by atomic mass is 35.5. The first kappa shape index (κ1) is 18.5. The molecule has 2 rings (SSSR count). The number of thiazole rings is 1. The van der Waals surface area contributed by atoms with E-state index in [-0.39, 0.29) is 12.4 Å². The van der Waals surface area contributed by atoms with Crippen molar-refractivity contribution >= 4 is 45.1 Å². The average Bonchev–Trinajstić information content (AvgIpc) is 3.03. The fourth-order valence-electron chi connectivity index (χ4n) is 1.63. The van der Waals surface area contributed by atoms with E-state index < -0.39 is 10.0 Å². The molecule has 0 amide bonds. The lowest BCUT2D eigenvalue weighted by atomic mass is 10.3. The smallest absolute Gasteiger partial charge is 0.250 e. The van der Waals surface area contributed by atoms with Crippen LogP contribution in [0.4, 0.5) is 0 Å². The number of sulfonamides is 1. The lowest BCUT2D eigenvalue weighted by molar-refractivity contribution is 0.579. The van der Waals surface area contributed by atoms with Crippen LogP contribution in [-0.2, 0) is 10.0 Å². The van der Waals surface area contributed by atoms with Gasteiger partial charge in [0.05, 0.1) is 15.6 Å². The Balaban J connectivity index is 0.00000220. The summed E-state index contributed by atoms with van der Waals surface area (Å²) in [5, 5.41) is 2.91. The number of nitrogens with two attached hydrogens (primary N) is 1. The number of nitrogens with zero attached hydrogens (tertiary/aromatic N) is 1. The van der Waals surface area contributed by atoms with Crippen LogP contribution in [0.5, 0.6) is 0 Å². The minimum atomic E-state index is -3.42. The third kappa shape index (κ3) is 5.01. The number of aryl methyl sites for hydroxylation is 1. The summed E-state index contributed by atoms with van der Waals surface area (Å²) in [6.07, 6.45) is 1.57. The van der Waals surface area contributed by atoms with Gasteiger partial charge in [0.2, 0.25) is 10.0 Å². The predicted molar refractivity (Wildman–Crippen MR) is 90.9 cm³/mol. The van der Waals surface area contributed by atoms with Gasteiger partial charge in [-0.15, -0.1) is 35.1 Å². The van der Waals surface area contributed by atoms with Crippen LogP contribution in [0.15, 0.2) is 21.7 Å². The van der Waals surface area contributed by atoms with Gasteiger partial charge in [0.25, 0.3) is 0 Å². The zero-order valence-corrected chi connectivity index (χ0v) is 14.8. The molecule has 0 bridgehead atoms. The first-order valence-electron chi connectivity index (χ1n) is 6.25. The van der Waals surface area contributed by atoms with E-state index in [0.29, 0.717) is 17.3 Å². The van der Waals surface area contributed by atoms with Crippen LogP contribution in [0, 0.1) is 6.92 Å². The van der Waals surface area contributed by atoms with Crippen molar-refractivity contribution in [3.05, 3.63) is 22.5 Å². The largest absolute Gasteiger partial charge is 0.330 e. The molecule has 0 saturated carbocycles. The van der Waals surface area contributed by atoms with E-state index in [2.05, 4.69) is 9.71 Å². The maximum absolute atomic E-state index is 12.1. The molecule has 0 aliphatic rings. The quantitative estimate of drug-likeness (QED) is 0.736. The van der Waals surface area contributed by atoms with Crippen LogP contribution in [0.25, 0.3) is 10.6 Å². The van der Waals surface area contributed by atoms with Gasteiger partial charge < -0.3 is 5.73 Å². The third-order valence-corrected chi connectivity index (χ3v) is 6.47. The van der Waals surface area contributed by atoms with Crippen molar-refractivity contribution < 1.29 is 8.42 Å². The van der Waals surface area contributed by atoms with Crippen molar-refractivity contribution in [2.75, 3.05) is 13.1 Å². The second-order valence-corrected chi connectivity index (χ2v) is 8.40. The molecule has 2 aromatic rings. The molecule has 0 aromatic carbocycles. The summed E-state index contributed by atoms with van der Waals surface area (Å²) in [7, 11) is -3.42. The summed E-state index contributed by atoms with van der Waals surface area (Å²) in [6, 6.07) is 3.42. The van der Waals surface area contributed by atoms with E-state index in [0.717, 1.165) is 28.4 Å². The number of thiophene rings is 1. The van der Waals surface area contributed by atoms with E-state index in [9.17, 15) is 8.42 Å². The van der Waals surface area contributed by atoms with E-state index in [1.54, 1.807) is 23.5 Å². The fraction of sp³-hybridized carbons (Fsp3) is 0.417. The lowest BCUT2D eigenvalue weighted by Gasteiger charge is -2.03. The molecule has 5 nitrogen and oxygen atoms in total. The summed E-state index contributed by atoms with van der Waals surface area (Å²) >= 11 is 2.79. The Morgan fingerprint density at radius 3 is 2.71 bits per heavy atom. The fourth-order valence-corrected chi connectivity index (χ4v) is 4.70. The Labute approximate surface area is 139 Å². The second-order valence-electron chi connectivity index (χ2n) is 4.26. The summed E-state index contributed by atoms with van der Waals surface area (Å²) in [5.41, 5.74) is 6.21. The number of aromatic nitrogens is 1. The molecular formula is C12H18ClN3O2S3. The van der Waals surface area contributed by atoms with Crippen molar-refractivity contribution in [3.63, 3.8) is 0 Å². The monoisotopic (exact) mass is 367 g/mol. The highest BCUT2D eigenvalue weighted by Crippen LogP contribution is 2.31. The zero-order valence-electron chi connectivity index (χ0n) is 11.5. The molecule has 3 N–H and O–H groups in total.